The number of pyridine rings is 1. The first-order chi connectivity index (χ1) is 13.5. The van der Waals surface area contributed by atoms with Gasteiger partial charge in [-0.15, -0.1) is 0 Å². The SMILES string of the molecule is CC(=O)c1ccc(-n2cc(-c3ccncc3)n(-c3ccc(F)cc3)c2=O)cc1. The minimum atomic E-state index is -0.374. The van der Waals surface area contributed by atoms with Crippen molar-refractivity contribution in [2.75, 3.05) is 0 Å². The van der Waals surface area contributed by atoms with E-state index in [1.807, 2.05) is 0 Å². The molecule has 0 unspecified atom stereocenters. The number of carbonyl (C=O) groups excluding carboxylic acids is 1. The van der Waals surface area contributed by atoms with E-state index in [-0.39, 0.29) is 17.3 Å². The number of Topliss-reactive ketones (excluding diaryl/α,β-unsaturated/α-hetero) is 1. The molecule has 5 nitrogen and oxygen atoms in total. The third kappa shape index (κ3) is 3.16. The molecule has 2 aromatic heterocycles. The van der Waals surface area contributed by atoms with Gasteiger partial charge in [-0.25, -0.2) is 9.18 Å². The molecular weight excluding hydrogens is 357 g/mol. The minimum Gasteiger partial charge on any atom is -0.295 e. The van der Waals surface area contributed by atoms with Crippen molar-refractivity contribution in [3.63, 3.8) is 0 Å². The lowest BCUT2D eigenvalue weighted by molar-refractivity contribution is 0.101. The Hall–Kier alpha value is -3.80. The van der Waals surface area contributed by atoms with Crippen LogP contribution in [0.1, 0.15) is 17.3 Å². The van der Waals surface area contributed by atoms with Crippen LogP contribution in [0.2, 0.25) is 0 Å². The summed E-state index contributed by atoms with van der Waals surface area (Å²) in [6.07, 6.45) is 5.02. The minimum absolute atomic E-state index is 0.0414. The van der Waals surface area contributed by atoms with Gasteiger partial charge in [-0.2, -0.15) is 0 Å². The van der Waals surface area contributed by atoms with E-state index in [4.69, 9.17) is 0 Å². The van der Waals surface area contributed by atoms with Crippen molar-refractivity contribution in [1.82, 2.24) is 14.1 Å². The van der Waals surface area contributed by atoms with Gasteiger partial charge in [0.15, 0.2) is 5.78 Å². The van der Waals surface area contributed by atoms with Crippen molar-refractivity contribution in [3.05, 3.63) is 101 Å². The average Bonchev–Trinajstić information content (AvgIpc) is 3.06. The number of halogens is 1. The van der Waals surface area contributed by atoms with Crippen LogP contribution < -0.4 is 5.69 Å². The van der Waals surface area contributed by atoms with Crippen LogP contribution in [0.4, 0.5) is 4.39 Å². The Morgan fingerprint density at radius 1 is 0.893 bits per heavy atom. The maximum Gasteiger partial charge on any atom is 0.337 e. The highest BCUT2D eigenvalue weighted by Gasteiger charge is 2.16. The van der Waals surface area contributed by atoms with Crippen molar-refractivity contribution in [3.8, 4) is 22.6 Å². The first kappa shape index (κ1) is 17.6. The molecular formula is C22H16FN3O2. The Bertz CT molecular complexity index is 1190. The van der Waals surface area contributed by atoms with Crippen LogP contribution in [0.5, 0.6) is 0 Å². The monoisotopic (exact) mass is 373 g/mol. The van der Waals surface area contributed by atoms with Crippen LogP contribution >= 0.6 is 0 Å². The Labute approximate surface area is 160 Å². The molecule has 0 aliphatic carbocycles. The highest BCUT2D eigenvalue weighted by Crippen LogP contribution is 2.23. The summed E-state index contributed by atoms with van der Waals surface area (Å²) in [5, 5.41) is 0. The molecule has 0 fully saturated rings. The molecule has 28 heavy (non-hydrogen) atoms. The number of rotatable bonds is 4. The molecule has 4 rings (SSSR count). The summed E-state index contributed by atoms with van der Waals surface area (Å²) in [6.45, 7) is 1.49. The normalized spacial score (nSPS) is 10.8. The fourth-order valence-electron chi connectivity index (χ4n) is 3.05. The van der Waals surface area contributed by atoms with Gasteiger partial charge >= 0.3 is 5.69 Å². The second-order valence-corrected chi connectivity index (χ2v) is 6.32. The number of carbonyl (C=O) groups is 1. The zero-order valence-electron chi connectivity index (χ0n) is 15.0. The Kier molecular flexibility index (Phi) is 4.45. The van der Waals surface area contributed by atoms with E-state index in [0.717, 1.165) is 5.56 Å². The molecule has 0 aliphatic rings. The highest BCUT2D eigenvalue weighted by atomic mass is 19.1. The first-order valence-electron chi connectivity index (χ1n) is 8.67. The summed E-state index contributed by atoms with van der Waals surface area (Å²) in [6, 6.07) is 16.2. The molecule has 0 saturated heterocycles. The number of benzene rings is 2. The molecule has 0 spiro atoms. The van der Waals surface area contributed by atoms with Gasteiger partial charge in [-0.3, -0.25) is 18.9 Å². The molecule has 0 atom stereocenters. The molecule has 0 saturated carbocycles. The molecule has 138 valence electrons. The fourth-order valence-corrected chi connectivity index (χ4v) is 3.05. The van der Waals surface area contributed by atoms with E-state index in [1.165, 1.54) is 28.2 Å². The predicted molar refractivity (Wildman–Crippen MR) is 105 cm³/mol. The maximum absolute atomic E-state index is 13.4. The molecule has 6 heteroatoms. The van der Waals surface area contributed by atoms with Crippen LogP contribution in [-0.2, 0) is 0 Å². The molecule has 0 bridgehead atoms. The van der Waals surface area contributed by atoms with Crippen molar-refractivity contribution < 1.29 is 9.18 Å². The van der Waals surface area contributed by atoms with Gasteiger partial charge in [-0.1, -0.05) is 0 Å². The van der Waals surface area contributed by atoms with Crippen molar-refractivity contribution in [2.24, 2.45) is 0 Å². The van der Waals surface area contributed by atoms with Gasteiger partial charge in [0.05, 0.1) is 17.1 Å². The number of imidazole rings is 1. The highest BCUT2D eigenvalue weighted by molar-refractivity contribution is 5.94. The summed E-state index contributed by atoms with van der Waals surface area (Å²) in [7, 11) is 0. The first-order valence-corrected chi connectivity index (χ1v) is 8.67. The van der Waals surface area contributed by atoms with E-state index < -0.39 is 0 Å². The Morgan fingerprint density at radius 3 is 2.11 bits per heavy atom. The summed E-state index contributed by atoms with van der Waals surface area (Å²) >= 11 is 0. The van der Waals surface area contributed by atoms with Gasteiger partial charge in [0.25, 0.3) is 0 Å². The number of ketones is 1. The van der Waals surface area contributed by atoms with Gasteiger partial charge < -0.3 is 0 Å². The largest absolute Gasteiger partial charge is 0.337 e. The quantitative estimate of drug-likeness (QED) is 0.508. The molecule has 2 heterocycles. The Morgan fingerprint density at radius 2 is 1.50 bits per heavy atom. The van der Waals surface area contributed by atoms with Crippen molar-refractivity contribution in [1.29, 1.82) is 0 Å². The number of nitrogens with zero attached hydrogens (tertiary/aromatic N) is 3. The van der Waals surface area contributed by atoms with Crippen molar-refractivity contribution in [2.45, 2.75) is 6.92 Å². The summed E-state index contributed by atoms with van der Waals surface area (Å²) in [5.74, 6) is -0.415. The lowest BCUT2D eigenvalue weighted by atomic mass is 10.1. The van der Waals surface area contributed by atoms with Crippen LogP contribution in [0.15, 0.2) is 84.0 Å². The second-order valence-electron chi connectivity index (χ2n) is 6.32. The lowest BCUT2D eigenvalue weighted by Gasteiger charge is -2.07. The molecule has 0 amide bonds. The fraction of sp³-hybridized carbons (Fsp3) is 0.0455. The second kappa shape index (κ2) is 7.08. The van der Waals surface area contributed by atoms with Crippen LogP contribution in [0, 0.1) is 5.82 Å². The molecule has 0 radical (unpaired) electrons. The summed E-state index contributed by atoms with van der Waals surface area (Å²) in [4.78, 5) is 28.7. The van der Waals surface area contributed by atoms with E-state index in [2.05, 4.69) is 4.98 Å². The van der Waals surface area contributed by atoms with Crippen LogP contribution in [-0.4, -0.2) is 19.9 Å². The van der Waals surface area contributed by atoms with E-state index in [0.29, 0.717) is 22.6 Å². The Balaban J connectivity index is 1.93. The maximum atomic E-state index is 13.4. The summed E-state index contributed by atoms with van der Waals surface area (Å²) in [5.41, 5.74) is 2.91. The van der Waals surface area contributed by atoms with Gasteiger partial charge in [0, 0.05) is 29.7 Å². The zero-order valence-corrected chi connectivity index (χ0v) is 15.0. The molecule has 2 aromatic carbocycles. The number of hydrogen-bond acceptors (Lipinski definition) is 3. The molecule has 4 aromatic rings. The van der Waals surface area contributed by atoms with Crippen LogP contribution in [0.25, 0.3) is 22.6 Å². The number of hydrogen-bond donors (Lipinski definition) is 0. The van der Waals surface area contributed by atoms with Gasteiger partial charge in [-0.05, 0) is 67.6 Å². The molecule has 0 N–H and O–H groups in total. The third-order valence-electron chi connectivity index (χ3n) is 4.50. The molecule has 0 aliphatic heterocycles. The van der Waals surface area contributed by atoms with E-state index in [1.54, 1.807) is 67.1 Å². The predicted octanol–water partition coefficient (Wildman–Crippen LogP) is 4.03. The smallest absolute Gasteiger partial charge is 0.295 e. The number of aromatic nitrogens is 3. The van der Waals surface area contributed by atoms with Crippen molar-refractivity contribution >= 4 is 5.78 Å². The van der Waals surface area contributed by atoms with Gasteiger partial charge in [0.2, 0.25) is 0 Å². The third-order valence-corrected chi connectivity index (χ3v) is 4.50. The van der Waals surface area contributed by atoms with Gasteiger partial charge in [0.1, 0.15) is 5.82 Å². The van der Waals surface area contributed by atoms with Crippen LogP contribution in [0.3, 0.4) is 0 Å². The van der Waals surface area contributed by atoms with E-state index >= 15 is 0 Å². The standard InChI is InChI=1S/C22H16FN3O2/c1-15(27)16-2-6-19(7-3-16)25-14-21(17-10-12-24-13-11-17)26(22(25)28)20-8-4-18(23)5-9-20/h2-14H,1H3. The topological polar surface area (TPSA) is 56.9 Å². The van der Waals surface area contributed by atoms with E-state index in [9.17, 15) is 14.0 Å². The lowest BCUT2D eigenvalue weighted by Crippen LogP contribution is -2.22. The average molecular weight is 373 g/mol. The summed E-state index contributed by atoms with van der Waals surface area (Å²) < 4.78 is 16.4. The zero-order chi connectivity index (χ0) is 19.7.